The lowest BCUT2D eigenvalue weighted by Gasteiger charge is -2.34. The number of aliphatic imine (C=N–C) groups is 1. The standard InChI is InChI=1S/C24H35N5O.HI/c1-2-7-20(8-3-1)27-24(26-15-11-23-10-6-18-30-23)28-21-12-16-29(17-13-21)19-22-9-4-5-14-25-22;/h4-6,9-10,14,18,20-21H,1-3,7-8,11-13,15-17,19H2,(H2,26,27,28);1H. The summed E-state index contributed by atoms with van der Waals surface area (Å²) in [5, 5.41) is 7.45. The summed E-state index contributed by atoms with van der Waals surface area (Å²) in [5.41, 5.74) is 1.16. The number of furan rings is 1. The monoisotopic (exact) mass is 537 g/mol. The van der Waals surface area contributed by atoms with E-state index in [1.807, 2.05) is 24.4 Å². The Hall–Kier alpha value is -1.61. The van der Waals surface area contributed by atoms with Crippen molar-refractivity contribution >= 4 is 29.9 Å². The van der Waals surface area contributed by atoms with Gasteiger partial charge in [-0.2, -0.15) is 0 Å². The lowest BCUT2D eigenvalue weighted by Crippen LogP contribution is -2.51. The largest absolute Gasteiger partial charge is 0.469 e. The molecule has 1 saturated carbocycles. The first-order valence-electron chi connectivity index (χ1n) is 11.6. The molecule has 7 heteroatoms. The highest BCUT2D eigenvalue weighted by molar-refractivity contribution is 14.0. The molecule has 0 bridgehead atoms. The molecule has 6 nitrogen and oxygen atoms in total. The number of aromatic nitrogens is 1. The van der Waals surface area contributed by atoms with Gasteiger partial charge in [0.25, 0.3) is 0 Å². The van der Waals surface area contributed by atoms with E-state index in [2.05, 4.69) is 32.7 Å². The maximum absolute atomic E-state index is 5.46. The van der Waals surface area contributed by atoms with E-state index >= 15 is 0 Å². The maximum Gasteiger partial charge on any atom is 0.191 e. The lowest BCUT2D eigenvalue weighted by molar-refractivity contribution is 0.196. The minimum atomic E-state index is 0. The molecule has 0 unspecified atom stereocenters. The van der Waals surface area contributed by atoms with Crippen molar-refractivity contribution in [2.75, 3.05) is 19.6 Å². The van der Waals surface area contributed by atoms with Gasteiger partial charge in [0.05, 0.1) is 12.0 Å². The van der Waals surface area contributed by atoms with E-state index in [4.69, 9.17) is 9.41 Å². The Morgan fingerprint density at radius 2 is 1.77 bits per heavy atom. The van der Waals surface area contributed by atoms with Gasteiger partial charge in [-0.15, -0.1) is 24.0 Å². The number of nitrogens with zero attached hydrogens (tertiary/aromatic N) is 3. The second-order valence-corrected chi connectivity index (χ2v) is 8.55. The van der Waals surface area contributed by atoms with Crippen LogP contribution in [0.15, 0.2) is 52.2 Å². The van der Waals surface area contributed by atoms with Gasteiger partial charge in [-0.3, -0.25) is 14.9 Å². The normalized spacial score (nSPS) is 19.0. The Labute approximate surface area is 203 Å². The molecular formula is C24H36IN5O. The van der Waals surface area contributed by atoms with Crippen molar-refractivity contribution in [2.45, 2.75) is 70.0 Å². The van der Waals surface area contributed by atoms with Gasteiger partial charge < -0.3 is 15.1 Å². The Morgan fingerprint density at radius 3 is 2.45 bits per heavy atom. The van der Waals surface area contributed by atoms with Crippen molar-refractivity contribution in [3.8, 4) is 0 Å². The molecule has 2 fully saturated rings. The molecule has 1 aliphatic heterocycles. The number of piperidine rings is 1. The first-order chi connectivity index (χ1) is 14.8. The number of likely N-dealkylation sites (tertiary alicyclic amines) is 1. The summed E-state index contributed by atoms with van der Waals surface area (Å²) in [4.78, 5) is 11.9. The van der Waals surface area contributed by atoms with E-state index in [0.717, 1.165) is 62.9 Å². The van der Waals surface area contributed by atoms with Gasteiger partial charge in [0, 0.05) is 50.9 Å². The fourth-order valence-electron chi connectivity index (χ4n) is 4.46. The van der Waals surface area contributed by atoms with Crippen LogP contribution in [0.2, 0.25) is 0 Å². The molecule has 0 aromatic carbocycles. The quantitative estimate of drug-likeness (QED) is 0.312. The molecule has 0 amide bonds. The van der Waals surface area contributed by atoms with Gasteiger partial charge in [0.2, 0.25) is 0 Å². The van der Waals surface area contributed by atoms with E-state index in [0.29, 0.717) is 12.1 Å². The Morgan fingerprint density at radius 1 is 1.00 bits per heavy atom. The number of nitrogens with one attached hydrogen (secondary N) is 2. The van der Waals surface area contributed by atoms with Crippen LogP contribution in [-0.2, 0) is 13.0 Å². The van der Waals surface area contributed by atoms with Gasteiger partial charge in [0.1, 0.15) is 5.76 Å². The zero-order valence-corrected chi connectivity index (χ0v) is 20.7. The van der Waals surface area contributed by atoms with E-state index < -0.39 is 0 Å². The molecule has 1 saturated heterocycles. The third-order valence-electron chi connectivity index (χ3n) is 6.19. The zero-order chi connectivity index (χ0) is 20.4. The number of rotatable bonds is 7. The van der Waals surface area contributed by atoms with E-state index in [9.17, 15) is 0 Å². The first-order valence-corrected chi connectivity index (χ1v) is 11.6. The number of guanidine groups is 1. The van der Waals surface area contributed by atoms with E-state index in [-0.39, 0.29) is 24.0 Å². The SMILES string of the molecule is I.c1ccc(CN2CCC(NC(=NCCc3ccco3)NC3CCCCC3)CC2)nc1. The molecular weight excluding hydrogens is 501 g/mol. The summed E-state index contributed by atoms with van der Waals surface area (Å²) >= 11 is 0. The van der Waals surface area contributed by atoms with Crippen molar-refractivity contribution in [3.63, 3.8) is 0 Å². The van der Waals surface area contributed by atoms with E-state index in [1.54, 1.807) is 6.26 Å². The van der Waals surface area contributed by atoms with Gasteiger partial charge in [-0.25, -0.2) is 0 Å². The second-order valence-electron chi connectivity index (χ2n) is 8.55. The highest BCUT2D eigenvalue weighted by Crippen LogP contribution is 2.18. The summed E-state index contributed by atoms with van der Waals surface area (Å²) in [6, 6.07) is 11.2. The zero-order valence-electron chi connectivity index (χ0n) is 18.3. The van der Waals surface area contributed by atoms with Crippen LogP contribution < -0.4 is 10.6 Å². The predicted octanol–water partition coefficient (Wildman–Crippen LogP) is 4.37. The van der Waals surface area contributed by atoms with Crippen LogP contribution in [0.4, 0.5) is 0 Å². The van der Waals surface area contributed by atoms with E-state index in [1.165, 1.54) is 32.1 Å². The molecule has 0 atom stereocenters. The average molecular weight is 537 g/mol. The van der Waals surface area contributed by atoms with Crippen molar-refractivity contribution in [3.05, 3.63) is 54.2 Å². The van der Waals surface area contributed by atoms with Crippen LogP contribution in [0.25, 0.3) is 0 Å². The van der Waals surface area contributed by atoms with Crippen molar-refractivity contribution in [1.82, 2.24) is 20.5 Å². The van der Waals surface area contributed by atoms with Crippen LogP contribution in [0.1, 0.15) is 56.4 Å². The van der Waals surface area contributed by atoms with Crippen molar-refractivity contribution < 1.29 is 4.42 Å². The molecule has 0 spiro atoms. The van der Waals surface area contributed by atoms with Crippen LogP contribution >= 0.6 is 24.0 Å². The minimum absolute atomic E-state index is 0. The fraction of sp³-hybridized carbons (Fsp3) is 0.583. The van der Waals surface area contributed by atoms with Crippen LogP contribution in [0, 0.1) is 0 Å². The van der Waals surface area contributed by atoms with Gasteiger partial charge in [0.15, 0.2) is 5.96 Å². The Balaban J connectivity index is 0.00000272. The fourth-order valence-corrected chi connectivity index (χ4v) is 4.46. The van der Waals surface area contributed by atoms with Gasteiger partial charge >= 0.3 is 0 Å². The van der Waals surface area contributed by atoms with Crippen molar-refractivity contribution in [2.24, 2.45) is 4.99 Å². The molecule has 2 aromatic heterocycles. The molecule has 4 rings (SSSR count). The molecule has 31 heavy (non-hydrogen) atoms. The third-order valence-corrected chi connectivity index (χ3v) is 6.19. The predicted molar refractivity (Wildman–Crippen MR) is 136 cm³/mol. The molecule has 0 radical (unpaired) electrons. The van der Waals surface area contributed by atoms with Gasteiger partial charge in [-0.05, 0) is 49.9 Å². The summed E-state index contributed by atoms with van der Waals surface area (Å²) in [6.45, 7) is 3.88. The second kappa shape index (κ2) is 13.1. The van der Waals surface area contributed by atoms with Crippen LogP contribution in [-0.4, -0.2) is 47.6 Å². The Kier molecular flexibility index (Phi) is 10.1. The topological polar surface area (TPSA) is 65.7 Å². The first kappa shape index (κ1) is 24.0. The molecule has 170 valence electrons. The maximum atomic E-state index is 5.46. The van der Waals surface area contributed by atoms with Gasteiger partial charge in [-0.1, -0.05) is 25.3 Å². The summed E-state index contributed by atoms with van der Waals surface area (Å²) in [7, 11) is 0. The Bertz CT molecular complexity index is 754. The number of halogens is 1. The highest BCUT2D eigenvalue weighted by atomic mass is 127. The molecule has 2 aromatic rings. The molecule has 2 aliphatic rings. The highest BCUT2D eigenvalue weighted by Gasteiger charge is 2.22. The number of pyridine rings is 1. The lowest BCUT2D eigenvalue weighted by atomic mass is 9.95. The number of hydrogen-bond acceptors (Lipinski definition) is 4. The summed E-state index contributed by atoms with van der Waals surface area (Å²) in [5.74, 6) is 1.98. The smallest absolute Gasteiger partial charge is 0.191 e. The average Bonchev–Trinajstić information content (AvgIpc) is 3.30. The minimum Gasteiger partial charge on any atom is -0.469 e. The summed E-state index contributed by atoms with van der Waals surface area (Å²) < 4.78 is 5.46. The molecule has 1 aliphatic carbocycles. The third kappa shape index (κ3) is 8.11. The molecule has 3 heterocycles. The summed E-state index contributed by atoms with van der Waals surface area (Å²) in [6.07, 6.45) is 13.2. The van der Waals surface area contributed by atoms with Crippen LogP contribution in [0.3, 0.4) is 0 Å². The van der Waals surface area contributed by atoms with Crippen molar-refractivity contribution in [1.29, 1.82) is 0 Å². The number of hydrogen-bond donors (Lipinski definition) is 2. The van der Waals surface area contributed by atoms with Crippen LogP contribution in [0.5, 0.6) is 0 Å². The molecule has 2 N–H and O–H groups in total.